The van der Waals surface area contributed by atoms with Gasteiger partial charge in [0.25, 0.3) is 5.91 Å². The minimum absolute atomic E-state index is 0.0770. The van der Waals surface area contributed by atoms with E-state index in [4.69, 9.17) is 4.74 Å². The summed E-state index contributed by atoms with van der Waals surface area (Å²) in [6.45, 7) is 2.36. The Hall–Kier alpha value is -2.71. The van der Waals surface area contributed by atoms with Crippen LogP contribution in [0.5, 0.6) is 0 Å². The predicted molar refractivity (Wildman–Crippen MR) is 115 cm³/mol. The van der Waals surface area contributed by atoms with Crippen molar-refractivity contribution in [1.29, 1.82) is 0 Å². The molecule has 2 N–H and O–H groups in total. The van der Waals surface area contributed by atoms with Gasteiger partial charge in [-0.3, -0.25) is 4.79 Å². The third-order valence-corrected chi connectivity index (χ3v) is 5.28. The quantitative estimate of drug-likeness (QED) is 0.693. The molecule has 0 unspecified atom stereocenters. The molecule has 156 valence electrons. The number of anilines is 2. The van der Waals surface area contributed by atoms with Crippen LogP contribution in [0.2, 0.25) is 0 Å². The number of methoxy groups -OCH3 is 1. The summed E-state index contributed by atoms with van der Waals surface area (Å²) in [6.07, 6.45) is 2.71. The van der Waals surface area contributed by atoms with Crippen LogP contribution in [0.1, 0.15) is 15.9 Å². The maximum atomic E-state index is 11.8. The molecular weight excluding hydrogens is 368 g/mol. The number of likely N-dealkylation sites (N-methyl/N-ethyl adjacent to an activating group) is 1. The van der Waals surface area contributed by atoms with E-state index in [-0.39, 0.29) is 12.0 Å². The van der Waals surface area contributed by atoms with Gasteiger partial charge in [0, 0.05) is 45.6 Å². The number of nitrogens with zero attached hydrogens (tertiary/aromatic N) is 4. The lowest BCUT2D eigenvalue weighted by atomic mass is 10.1. The second kappa shape index (κ2) is 9.67. The molecule has 1 fully saturated rings. The topological polar surface area (TPSA) is 82.6 Å². The third-order valence-electron chi connectivity index (χ3n) is 5.28. The number of carbonyl (C=O) groups is 1. The molecule has 0 aliphatic carbocycles. The largest absolute Gasteiger partial charge is 0.378 e. The van der Waals surface area contributed by atoms with Crippen molar-refractivity contribution in [2.24, 2.45) is 0 Å². The van der Waals surface area contributed by atoms with Crippen LogP contribution in [0.15, 0.2) is 36.5 Å². The minimum Gasteiger partial charge on any atom is -0.378 e. The number of carbonyl (C=O) groups excluding carboxylic acids is 1. The summed E-state index contributed by atoms with van der Waals surface area (Å²) in [4.78, 5) is 25.2. The van der Waals surface area contributed by atoms with Crippen molar-refractivity contribution < 1.29 is 9.53 Å². The summed E-state index contributed by atoms with van der Waals surface area (Å²) in [5, 5.41) is 5.94. The first-order valence-electron chi connectivity index (χ1n) is 9.84. The highest BCUT2D eigenvalue weighted by Crippen LogP contribution is 2.22. The molecule has 1 amide bonds. The van der Waals surface area contributed by atoms with Gasteiger partial charge < -0.3 is 25.2 Å². The minimum atomic E-state index is -0.0770. The number of hydrogen-bond donors (Lipinski definition) is 2. The Balaban J connectivity index is 1.59. The first kappa shape index (κ1) is 21.0. The van der Waals surface area contributed by atoms with Crippen LogP contribution in [0.25, 0.3) is 0 Å². The van der Waals surface area contributed by atoms with Crippen LogP contribution in [0.4, 0.5) is 11.8 Å². The molecule has 8 nitrogen and oxygen atoms in total. The molecule has 2 aromatic rings. The Morgan fingerprint density at radius 1 is 1.31 bits per heavy atom. The number of hydrogen-bond acceptors (Lipinski definition) is 7. The van der Waals surface area contributed by atoms with Gasteiger partial charge >= 0.3 is 0 Å². The van der Waals surface area contributed by atoms with Gasteiger partial charge in [-0.1, -0.05) is 12.1 Å². The summed E-state index contributed by atoms with van der Waals surface area (Å²) < 4.78 is 5.64. The predicted octanol–water partition coefficient (Wildman–Crippen LogP) is 1.26. The second-order valence-corrected chi connectivity index (χ2v) is 7.40. The first-order chi connectivity index (χ1) is 14.0. The van der Waals surface area contributed by atoms with E-state index in [0.29, 0.717) is 24.1 Å². The van der Waals surface area contributed by atoms with Gasteiger partial charge in [-0.15, -0.1) is 0 Å². The van der Waals surface area contributed by atoms with E-state index in [9.17, 15) is 4.79 Å². The highest BCUT2D eigenvalue weighted by Gasteiger charge is 2.34. The average Bonchev–Trinajstić information content (AvgIpc) is 3.18. The average molecular weight is 399 g/mol. The SMILES string of the molecule is CNC(=O)c1cccc(CCNc2nccc(N3C[C@@H](OC)[C@@H](N(C)C)C3)n2)c1. The standard InChI is InChI=1S/C21H30N6O2/c1-22-20(28)16-7-5-6-15(12-16)8-10-23-21-24-11-9-19(25-21)27-13-17(26(2)3)18(14-27)29-4/h5-7,9,11-12,17-18H,8,10,13-14H2,1-4H3,(H,22,28)(H,23,24,25)/t17-,18+/m0/s1. The number of ether oxygens (including phenoxy) is 1. The molecule has 0 bridgehead atoms. The van der Waals surface area contributed by atoms with Crippen LogP contribution in [-0.4, -0.2) is 80.8 Å². The van der Waals surface area contributed by atoms with Gasteiger partial charge in [0.15, 0.2) is 0 Å². The zero-order valence-corrected chi connectivity index (χ0v) is 17.6. The summed E-state index contributed by atoms with van der Waals surface area (Å²) in [6, 6.07) is 9.91. The number of aromatic nitrogens is 2. The molecule has 0 saturated carbocycles. The molecule has 29 heavy (non-hydrogen) atoms. The Morgan fingerprint density at radius 2 is 2.14 bits per heavy atom. The van der Waals surface area contributed by atoms with E-state index >= 15 is 0 Å². The van der Waals surface area contributed by atoms with E-state index in [1.54, 1.807) is 20.4 Å². The zero-order chi connectivity index (χ0) is 20.8. The van der Waals surface area contributed by atoms with E-state index in [2.05, 4.69) is 44.5 Å². The lowest BCUT2D eigenvalue weighted by molar-refractivity contribution is 0.0639. The van der Waals surface area contributed by atoms with Gasteiger partial charge in [-0.2, -0.15) is 4.98 Å². The van der Waals surface area contributed by atoms with Gasteiger partial charge in [0.2, 0.25) is 5.95 Å². The highest BCUT2D eigenvalue weighted by molar-refractivity contribution is 5.94. The fraction of sp³-hybridized carbons (Fsp3) is 0.476. The molecule has 1 aromatic carbocycles. The molecular formula is C21H30N6O2. The number of amides is 1. The van der Waals surface area contributed by atoms with Crippen molar-refractivity contribution in [3.05, 3.63) is 47.7 Å². The lowest BCUT2D eigenvalue weighted by Crippen LogP contribution is -2.39. The molecule has 2 atom stereocenters. The second-order valence-electron chi connectivity index (χ2n) is 7.40. The molecule has 0 radical (unpaired) electrons. The molecule has 0 spiro atoms. The van der Waals surface area contributed by atoms with Crippen LogP contribution < -0.4 is 15.5 Å². The normalized spacial score (nSPS) is 18.9. The Labute approximate surface area is 172 Å². The maximum absolute atomic E-state index is 11.8. The van der Waals surface area contributed by atoms with E-state index in [1.807, 2.05) is 30.3 Å². The van der Waals surface area contributed by atoms with Gasteiger partial charge in [0.05, 0.1) is 12.1 Å². The lowest BCUT2D eigenvalue weighted by Gasteiger charge is -2.23. The van der Waals surface area contributed by atoms with Crippen LogP contribution in [0, 0.1) is 0 Å². The summed E-state index contributed by atoms with van der Waals surface area (Å²) >= 11 is 0. The highest BCUT2D eigenvalue weighted by atomic mass is 16.5. The Bertz CT molecular complexity index is 828. The van der Waals surface area contributed by atoms with Gasteiger partial charge in [-0.25, -0.2) is 4.98 Å². The molecule has 1 aliphatic rings. The zero-order valence-electron chi connectivity index (χ0n) is 17.6. The molecule has 8 heteroatoms. The van der Waals surface area contributed by atoms with Crippen molar-refractivity contribution in [3.63, 3.8) is 0 Å². The van der Waals surface area contributed by atoms with E-state index in [0.717, 1.165) is 30.9 Å². The Kier molecular flexibility index (Phi) is 7.00. The third kappa shape index (κ3) is 5.21. The molecule has 1 aromatic heterocycles. The fourth-order valence-electron chi connectivity index (χ4n) is 3.61. The van der Waals surface area contributed by atoms with Crippen molar-refractivity contribution in [3.8, 4) is 0 Å². The van der Waals surface area contributed by atoms with Crippen LogP contribution in [0.3, 0.4) is 0 Å². The molecule has 1 saturated heterocycles. The molecule has 3 rings (SSSR count). The fourth-order valence-corrected chi connectivity index (χ4v) is 3.61. The number of benzene rings is 1. The van der Waals surface area contributed by atoms with Crippen molar-refractivity contribution in [2.75, 3.05) is 58.1 Å². The smallest absolute Gasteiger partial charge is 0.251 e. The van der Waals surface area contributed by atoms with Gasteiger partial charge in [0.1, 0.15) is 5.82 Å². The number of nitrogens with one attached hydrogen (secondary N) is 2. The van der Waals surface area contributed by atoms with Crippen molar-refractivity contribution >= 4 is 17.7 Å². The number of rotatable bonds is 8. The van der Waals surface area contributed by atoms with Crippen LogP contribution in [-0.2, 0) is 11.2 Å². The van der Waals surface area contributed by atoms with Crippen molar-refractivity contribution in [2.45, 2.75) is 18.6 Å². The molecule has 2 heterocycles. The van der Waals surface area contributed by atoms with E-state index < -0.39 is 0 Å². The monoisotopic (exact) mass is 398 g/mol. The summed E-state index contributed by atoms with van der Waals surface area (Å²) in [5.41, 5.74) is 1.76. The first-order valence-corrected chi connectivity index (χ1v) is 9.84. The summed E-state index contributed by atoms with van der Waals surface area (Å²) in [7, 11) is 7.55. The summed E-state index contributed by atoms with van der Waals surface area (Å²) in [5.74, 6) is 1.43. The van der Waals surface area contributed by atoms with Gasteiger partial charge in [-0.05, 0) is 44.3 Å². The molecule has 1 aliphatic heterocycles. The maximum Gasteiger partial charge on any atom is 0.251 e. The van der Waals surface area contributed by atoms with Crippen LogP contribution >= 0.6 is 0 Å². The Morgan fingerprint density at radius 3 is 2.83 bits per heavy atom. The van der Waals surface area contributed by atoms with Crippen molar-refractivity contribution in [1.82, 2.24) is 20.2 Å². The van der Waals surface area contributed by atoms with E-state index in [1.165, 1.54) is 0 Å².